The maximum atomic E-state index is 12.2. The van der Waals surface area contributed by atoms with Gasteiger partial charge in [0, 0.05) is 19.8 Å². The molecule has 1 heterocycles. The van der Waals surface area contributed by atoms with Crippen LogP contribution in [0.15, 0.2) is 23.1 Å². The van der Waals surface area contributed by atoms with Crippen molar-refractivity contribution in [3.63, 3.8) is 0 Å². The van der Waals surface area contributed by atoms with Crippen LogP contribution in [-0.2, 0) is 14.8 Å². The number of aromatic carboxylic acids is 1. The van der Waals surface area contributed by atoms with Gasteiger partial charge in [0.15, 0.2) is 0 Å². The van der Waals surface area contributed by atoms with E-state index in [1.807, 2.05) is 0 Å². The highest BCUT2D eigenvalue weighted by atomic mass is 35.5. The molecule has 1 aromatic carbocycles. The summed E-state index contributed by atoms with van der Waals surface area (Å²) in [6.45, 7) is 1.63. The van der Waals surface area contributed by atoms with E-state index in [1.165, 1.54) is 12.1 Å². The molecule has 1 aliphatic heterocycles. The molecule has 116 valence electrons. The molecule has 21 heavy (non-hydrogen) atoms. The van der Waals surface area contributed by atoms with Crippen LogP contribution in [0.4, 0.5) is 0 Å². The molecule has 1 aliphatic rings. The number of carboxylic acids is 1. The Morgan fingerprint density at radius 2 is 2.24 bits per heavy atom. The first-order valence-corrected chi connectivity index (χ1v) is 8.36. The lowest BCUT2D eigenvalue weighted by atomic mass is 10.1. The van der Waals surface area contributed by atoms with Crippen LogP contribution in [-0.4, -0.2) is 39.3 Å². The summed E-state index contributed by atoms with van der Waals surface area (Å²) in [5, 5.41) is 8.91. The van der Waals surface area contributed by atoms with E-state index in [2.05, 4.69) is 4.72 Å². The van der Waals surface area contributed by atoms with Gasteiger partial charge in [-0.2, -0.15) is 0 Å². The third-order valence-corrected chi connectivity index (χ3v) is 5.28. The largest absolute Gasteiger partial charge is 0.478 e. The van der Waals surface area contributed by atoms with Gasteiger partial charge >= 0.3 is 5.97 Å². The zero-order chi connectivity index (χ0) is 15.5. The summed E-state index contributed by atoms with van der Waals surface area (Å²) < 4.78 is 32.0. The van der Waals surface area contributed by atoms with E-state index < -0.39 is 16.0 Å². The standard InChI is InChI=1S/C13H16ClNO5S/c14-11-2-1-10(13(16)17)7-12(11)21(18,19)15-5-3-9-4-6-20-8-9/h1-2,7,9,15H,3-6,8H2,(H,16,17). The molecule has 1 saturated heterocycles. The average molecular weight is 334 g/mol. The number of nitrogens with one attached hydrogen (secondary N) is 1. The fourth-order valence-electron chi connectivity index (χ4n) is 2.13. The zero-order valence-electron chi connectivity index (χ0n) is 11.2. The predicted molar refractivity (Wildman–Crippen MR) is 77.1 cm³/mol. The van der Waals surface area contributed by atoms with E-state index in [0.29, 0.717) is 25.6 Å². The highest BCUT2D eigenvalue weighted by Crippen LogP contribution is 2.23. The number of hydrogen-bond acceptors (Lipinski definition) is 4. The maximum Gasteiger partial charge on any atom is 0.335 e. The van der Waals surface area contributed by atoms with Crippen molar-refractivity contribution in [2.24, 2.45) is 5.92 Å². The molecule has 0 aliphatic carbocycles. The van der Waals surface area contributed by atoms with Gasteiger partial charge in [0.1, 0.15) is 4.90 Å². The van der Waals surface area contributed by atoms with E-state index in [0.717, 1.165) is 12.5 Å². The number of ether oxygens (including phenoxy) is 1. The average Bonchev–Trinajstić information content (AvgIpc) is 2.91. The SMILES string of the molecule is O=C(O)c1ccc(Cl)c(S(=O)(=O)NCCC2CCOC2)c1. The summed E-state index contributed by atoms with van der Waals surface area (Å²) >= 11 is 5.86. The summed E-state index contributed by atoms with van der Waals surface area (Å²) in [5.74, 6) is -0.847. The molecule has 0 amide bonds. The molecule has 0 spiro atoms. The van der Waals surface area contributed by atoms with Crippen LogP contribution >= 0.6 is 11.6 Å². The Kier molecular flexibility index (Phi) is 5.21. The van der Waals surface area contributed by atoms with Gasteiger partial charge < -0.3 is 9.84 Å². The fraction of sp³-hybridized carbons (Fsp3) is 0.462. The van der Waals surface area contributed by atoms with Crippen LogP contribution in [0.3, 0.4) is 0 Å². The third-order valence-electron chi connectivity index (χ3n) is 3.34. The van der Waals surface area contributed by atoms with Gasteiger partial charge in [-0.3, -0.25) is 0 Å². The molecular weight excluding hydrogens is 318 g/mol. The molecule has 1 fully saturated rings. The van der Waals surface area contributed by atoms with Crippen LogP contribution < -0.4 is 4.72 Å². The number of carboxylic acid groups (broad SMARTS) is 1. The molecular formula is C13H16ClNO5S. The van der Waals surface area contributed by atoms with Crippen LogP contribution in [0.2, 0.25) is 5.02 Å². The second-order valence-electron chi connectivity index (χ2n) is 4.87. The first-order valence-electron chi connectivity index (χ1n) is 6.50. The van der Waals surface area contributed by atoms with Crippen LogP contribution in [0.5, 0.6) is 0 Å². The topological polar surface area (TPSA) is 92.7 Å². The van der Waals surface area contributed by atoms with E-state index in [4.69, 9.17) is 21.4 Å². The summed E-state index contributed by atoms with van der Waals surface area (Å²) in [6, 6.07) is 3.59. The molecule has 6 nitrogen and oxygen atoms in total. The fourth-order valence-corrected chi connectivity index (χ4v) is 3.70. The first-order chi connectivity index (χ1) is 9.90. The lowest BCUT2D eigenvalue weighted by molar-refractivity contribution is 0.0696. The van der Waals surface area contributed by atoms with Gasteiger partial charge in [-0.25, -0.2) is 17.9 Å². The number of rotatable bonds is 6. The Hall–Kier alpha value is -1.15. The number of hydrogen-bond donors (Lipinski definition) is 2. The Balaban J connectivity index is 2.07. The van der Waals surface area contributed by atoms with Gasteiger partial charge in [-0.1, -0.05) is 11.6 Å². The molecule has 0 aromatic heterocycles. The van der Waals surface area contributed by atoms with E-state index >= 15 is 0 Å². The van der Waals surface area contributed by atoms with E-state index in [-0.39, 0.29) is 22.0 Å². The molecule has 1 atom stereocenters. The Labute approximate surface area is 128 Å². The van der Waals surface area contributed by atoms with Crippen LogP contribution in [0.1, 0.15) is 23.2 Å². The highest BCUT2D eigenvalue weighted by Gasteiger charge is 2.21. The van der Waals surface area contributed by atoms with Crippen molar-refractivity contribution >= 4 is 27.6 Å². The Morgan fingerprint density at radius 1 is 1.48 bits per heavy atom. The van der Waals surface area contributed by atoms with Crippen LogP contribution in [0, 0.1) is 5.92 Å². The Morgan fingerprint density at radius 3 is 2.86 bits per heavy atom. The predicted octanol–water partition coefficient (Wildman–Crippen LogP) is 1.74. The molecule has 2 rings (SSSR count). The molecule has 0 radical (unpaired) electrons. The smallest absolute Gasteiger partial charge is 0.335 e. The van der Waals surface area contributed by atoms with Gasteiger partial charge in [0.25, 0.3) is 0 Å². The van der Waals surface area contributed by atoms with Crippen molar-refractivity contribution in [1.82, 2.24) is 4.72 Å². The normalized spacial score (nSPS) is 18.8. The summed E-state index contributed by atoms with van der Waals surface area (Å²) in [7, 11) is -3.82. The van der Waals surface area contributed by atoms with E-state index in [9.17, 15) is 13.2 Å². The second-order valence-corrected chi connectivity index (χ2v) is 7.01. The molecule has 0 bridgehead atoms. The van der Waals surface area contributed by atoms with Crippen LogP contribution in [0.25, 0.3) is 0 Å². The van der Waals surface area contributed by atoms with Crippen molar-refractivity contribution in [2.45, 2.75) is 17.7 Å². The molecule has 1 aromatic rings. The number of carbonyl (C=O) groups is 1. The minimum Gasteiger partial charge on any atom is -0.478 e. The minimum atomic E-state index is -3.82. The zero-order valence-corrected chi connectivity index (χ0v) is 12.8. The van der Waals surface area contributed by atoms with Crippen molar-refractivity contribution in [1.29, 1.82) is 0 Å². The quantitative estimate of drug-likeness (QED) is 0.827. The maximum absolute atomic E-state index is 12.2. The lowest BCUT2D eigenvalue weighted by Gasteiger charge is -2.11. The van der Waals surface area contributed by atoms with E-state index in [1.54, 1.807) is 0 Å². The molecule has 0 saturated carbocycles. The van der Waals surface area contributed by atoms with Gasteiger partial charge in [0.2, 0.25) is 10.0 Å². The summed E-state index contributed by atoms with van der Waals surface area (Å²) in [4.78, 5) is 10.7. The van der Waals surface area contributed by atoms with Gasteiger partial charge in [0.05, 0.1) is 10.6 Å². The van der Waals surface area contributed by atoms with Crippen molar-refractivity contribution in [3.8, 4) is 0 Å². The number of halogens is 1. The minimum absolute atomic E-state index is 0.00306. The van der Waals surface area contributed by atoms with Crippen molar-refractivity contribution < 1.29 is 23.1 Å². The first kappa shape index (κ1) is 16.2. The molecule has 2 N–H and O–H groups in total. The molecule has 1 unspecified atom stereocenters. The van der Waals surface area contributed by atoms with Crippen molar-refractivity contribution in [2.75, 3.05) is 19.8 Å². The number of benzene rings is 1. The monoisotopic (exact) mass is 333 g/mol. The highest BCUT2D eigenvalue weighted by molar-refractivity contribution is 7.89. The third kappa shape index (κ3) is 4.16. The summed E-state index contributed by atoms with van der Waals surface area (Å²) in [5.41, 5.74) is -0.121. The van der Waals surface area contributed by atoms with Crippen molar-refractivity contribution in [3.05, 3.63) is 28.8 Å². The summed E-state index contributed by atoms with van der Waals surface area (Å²) in [6.07, 6.45) is 1.60. The second kappa shape index (κ2) is 6.74. The molecule has 8 heteroatoms. The lowest BCUT2D eigenvalue weighted by Crippen LogP contribution is -2.26. The van der Waals surface area contributed by atoms with Gasteiger partial charge in [-0.05, 0) is 37.0 Å². The Bertz CT molecular complexity index is 625. The van der Waals surface area contributed by atoms with Gasteiger partial charge in [-0.15, -0.1) is 0 Å². The number of sulfonamides is 1.